The number of hydrogen-bond acceptors (Lipinski definition) is 11. The smallest absolute Gasteiger partial charge is 0.267 e. The Morgan fingerprint density at radius 3 is 2.33 bits per heavy atom. The van der Waals surface area contributed by atoms with E-state index in [2.05, 4.69) is 25.6 Å². The minimum atomic E-state index is -4.07. The number of benzene rings is 1. The minimum absolute atomic E-state index is 0.0143. The first kappa shape index (κ1) is 24.3. The quantitative estimate of drug-likeness (QED) is 0.303. The first-order valence-electron chi connectivity index (χ1n) is 7.35. The van der Waals surface area contributed by atoms with Crippen molar-refractivity contribution in [1.82, 2.24) is 14.9 Å². The molecule has 3 rings (SSSR count). The Bertz CT molecular complexity index is 1310. The lowest BCUT2D eigenvalue weighted by Crippen LogP contribution is -2.34. The highest BCUT2D eigenvalue weighted by molar-refractivity contribution is 7.91. The summed E-state index contributed by atoms with van der Waals surface area (Å²) in [7, 11) is -11.6. The van der Waals surface area contributed by atoms with E-state index in [-0.39, 0.29) is 37.7 Å². The van der Waals surface area contributed by atoms with Gasteiger partial charge in [0.2, 0.25) is 35.4 Å². The Hall–Kier alpha value is -1.93. The summed E-state index contributed by atoms with van der Waals surface area (Å²) in [5.41, 5.74) is 0.237. The third-order valence-electron chi connectivity index (χ3n) is 3.10. The van der Waals surface area contributed by atoms with E-state index < -0.39 is 35.0 Å². The van der Waals surface area contributed by atoms with Crippen molar-refractivity contribution < 1.29 is 30.0 Å². The number of nitrogens with two attached hydrogens (primary N) is 2. The summed E-state index contributed by atoms with van der Waals surface area (Å²) >= 11 is 6.43. The molecule has 0 aliphatic carbocycles. The van der Waals surface area contributed by atoms with Crippen LogP contribution in [0.15, 0.2) is 26.3 Å². The van der Waals surface area contributed by atoms with Crippen molar-refractivity contribution in [1.29, 1.82) is 0 Å². The molecule has 30 heavy (non-hydrogen) atoms. The maximum absolute atomic E-state index is 11.6. The molecule has 1 amide bonds. The number of nitrogens with one attached hydrogen (secondary N) is 3. The first-order valence-corrected chi connectivity index (χ1v) is 13.1. The highest BCUT2D eigenvalue weighted by Gasteiger charge is 2.27. The largest absolute Gasteiger partial charge is 0.370 e. The lowest BCUT2D eigenvalue weighted by atomic mass is 10.3. The van der Waals surface area contributed by atoms with Crippen LogP contribution in [0.4, 0.5) is 10.8 Å². The molecular formula is C11H14ClN7O7S4. The highest BCUT2D eigenvalue weighted by Crippen LogP contribution is 2.32. The molecule has 2 heterocycles. The molecule has 0 atom stereocenters. The van der Waals surface area contributed by atoms with Crippen LogP contribution in [0.1, 0.15) is 6.92 Å². The van der Waals surface area contributed by atoms with Gasteiger partial charge in [0.25, 0.3) is 10.0 Å². The van der Waals surface area contributed by atoms with Crippen LogP contribution in [0.5, 0.6) is 0 Å². The van der Waals surface area contributed by atoms with Crippen LogP contribution in [0.2, 0.25) is 5.02 Å². The summed E-state index contributed by atoms with van der Waals surface area (Å²) in [6.07, 6.45) is 0. The predicted molar refractivity (Wildman–Crippen MR) is 107 cm³/mol. The number of carbonyl (C=O) groups is 1. The Balaban J connectivity index is 0.000000222. The number of carbonyl (C=O) groups excluding carboxylic acids is 1. The van der Waals surface area contributed by atoms with E-state index >= 15 is 0 Å². The fourth-order valence-corrected chi connectivity index (χ4v) is 5.61. The van der Waals surface area contributed by atoms with Gasteiger partial charge in [0.05, 0.1) is 17.4 Å². The molecule has 1 aromatic carbocycles. The molecule has 2 aromatic rings. The number of halogens is 1. The average Bonchev–Trinajstić information content (AvgIpc) is 3.01. The molecule has 0 unspecified atom stereocenters. The predicted octanol–water partition coefficient (Wildman–Crippen LogP) is -1.21. The van der Waals surface area contributed by atoms with E-state index in [0.29, 0.717) is 11.3 Å². The maximum atomic E-state index is 11.6. The lowest BCUT2D eigenvalue weighted by molar-refractivity contribution is -0.114. The van der Waals surface area contributed by atoms with Crippen LogP contribution in [0.3, 0.4) is 0 Å². The number of fused-ring (bicyclic) bond motifs is 1. The second kappa shape index (κ2) is 8.67. The molecular weight excluding hydrogens is 506 g/mol. The first-order chi connectivity index (χ1) is 13.6. The second-order valence-electron chi connectivity index (χ2n) is 5.42. The number of aromatic nitrogens is 2. The second-order valence-corrected chi connectivity index (χ2v) is 11.8. The van der Waals surface area contributed by atoms with Gasteiger partial charge >= 0.3 is 0 Å². The number of rotatable bonds is 3. The molecule has 0 spiro atoms. The third-order valence-corrected chi connectivity index (χ3v) is 8.07. The molecule has 0 radical (unpaired) electrons. The monoisotopic (exact) mass is 519 g/mol. The van der Waals surface area contributed by atoms with Crippen molar-refractivity contribution in [3.8, 4) is 0 Å². The summed E-state index contributed by atoms with van der Waals surface area (Å²) in [6, 6.07) is 2.15. The molecule has 0 saturated carbocycles. The van der Waals surface area contributed by atoms with Crippen molar-refractivity contribution in [2.75, 3.05) is 17.3 Å². The standard InChI is InChI=1S/C7H8ClN3O4S2.C4H6N4O3S2/c8-4-1-5-7(2-6(4)16(9,12)13)17(14,15)11-3-10-5;1-2(9)6-3-7-8-4(12-3)13(5,10)11/h1-2,10-11H,3H2,(H2,9,12,13);1H3,(H2,5,10,11)(H,6,7,9). The molecule has 7 N–H and O–H groups in total. The topological polar surface area (TPSA) is 233 Å². The Kier molecular flexibility index (Phi) is 7.03. The number of hydrogen-bond donors (Lipinski definition) is 5. The van der Waals surface area contributed by atoms with Gasteiger partial charge in [-0.1, -0.05) is 22.9 Å². The number of amides is 1. The van der Waals surface area contributed by atoms with Gasteiger partial charge in [-0.15, -0.1) is 10.2 Å². The van der Waals surface area contributed by atoms with Crippen molar-refractivity contribution in [3.63, 3.8) is 0 Å². The van der Waals surface area contributed by atoms with Gasteiger partial charge in [0, 0.05) is 6.92 Å². The number of anilines is 2. The summed E-state index contributed by atoms with van der Waals surface area (Å²) in [4.78, 5) is 9.90. The molecule has 0 saturated heterocycles. The Morgan fingerprint density at radius 1 is 1.20 bits per heavy atom. The van der Waals surface area contributed by atoms with Gasteiger partial charge in [-0.05, 0) is 12.1 Å². The van der Waals surface area contributed by atoms with Gasteiger partial charge in [-0.25, -0.2) is 35.5 Å². The van der Waals surface area contributed by atoms with Crippen LogP contribution >= 0.6 is 22.9 Å². The SMILES string of the molecule is CC(=O)Nc1nnc(S(N)(=O)=O)s1.NS(=O)(=O)c1cc2c(cc1Cl)NCNS2(=O)=O. The number of nitrogens with zero attached hydrogens (tertiary/aromatic N) is 2. The van der Waals surface area contributed by atoms with Gasteiger partial charge < -0.3 is 10.6 Å². The molecule has 1 aliphatic heterocycles. The fourth-order valence-electron chi connectivity index (χ4n) is 1.94. The third kappa shape index (κ3) is 6.04. The summed E-state index contributed by atoms with van der Waals surface area (Å²) < 4.78 is 69.0. The van der Waals surface area contributed by atoms with Gasteiger partial charge in [-0.3, -0.25) is 4.79 Å². The zero-order valence-electron chi connectivity index (χ0n) is 14.8. The van der Waals surface area contributed by atoms with Crippen molar-refractivity contribution in [2.45, 2.75) is 21.1 Å². The molecule has 0 bridgehead atoms. The minimum Gasteiger partial charge on any atom is -0.370 e. The number of primary sulfonamides is 2. The molecule has 1 aliphatic rings. The van der Waals surface area contributed by atoms with Crippen LogP contribution in [-0.4, -0.2) is 48.0 Å². The molecule has 14 nitrogen and oxygen atoms in total. The van der Waals surface area contributed by atoms with E-state index in [0.717, 1.165) is 6.07 Å². The molecule has 166 valence electrons. The van der Waals surface area contributed by atoms with Crippen LogP contribution in [0.25, 0.3) is 0 Å². The Morgan fingerprint density at radius 2 is 1.83 bits per heavy atom. The summed E-state index contributed by atoms with van der Waals surface area (Å²) in [6.45, 7) is 1.29. The van der Waals surface area contributed by atoms with E-state index in [1.807, 2.05) is 0 Å². The normalized spacial score (nSPS) is 15.2. The average molecular weight is 520 g/mol. The number of sulfonamides is 3. The van der Waals surface area contributed by atoms with E-state index in [1.165, 1.54) is 13.0 Å². The highest BCUT2D eigenvalue weighted by atomic mass is 35.5. The maximum Gasteiger partial charge on any atom is 0.267 e. The van der Waals surface area contributed by atoms with E-state index in [4.69, 9.17) is 21.9 Å². The van der Waals surface area contributed by atoms with E-state index in [9.17, 15) is 30.0 Å². The fraction of sp³-hybridized carbons (Fsp3) is 0.182. The van der Waals surface area contributed by atoms with Crippen molar-refractivity contribution in [3.05, 3.63) is 17.2 Å². The van der Waals surface area contributed by atoms with Gasteiger partial charge in [0.1, 0.15) is 9.79 Å². The molecule has 0 fully saturated rings. The molecule has 1 aromatic heterocycles. The zero-order chi connectivity index (χ0) is 22.9. The lowest BCUT2D eigenvalue weighted by Gasteiger charge is -2.20. The summed E-state index contributed by atoms with van der Waals surface area (Å²) in [5, 5.41) is 21.4. The van der Waals surface area contributed by atoms with Crippen LogP contribution in [0, 0.1) is 0 Å². The Labute approximate surface area is 180 Å². The van der Waals surface area contributed by atoms with E-state index in [1.54, 1.807) is 0 Å². The molecule has 19 heteroatoms. The van der Waals surface area contributed by atoms with Crippen molar-refractivity contribution in [2.24, 2.45) is 10.3 Å². The van der Waals surface area contributed by atoms with Gasteiger partial charge in [-0.2, -0.15) is 4.72 Å². The summed E-state index contributed by atoms with van der Waals surface area (Å²) in [5.74, 6) is -0.350. The zero-order valence-corrected chi connectivity index (χ0v) is 18.8. The van der Waals surface area contributed by atoms with Gasteiger partial charge in [0.15, 0.2) is 0 Å². The van der Waals surface area contributed by atoms with Crippen LogP contribution in [-0.2, 0) is 34.9 Å². The van der Waals surface area contributed by atoms with Crippen molar-refractivity contribution >= 4 is 69.7 Å². The van der Waals surface area contributed by atoms with Crippen LogP contribution < -0.4 is 25.6 Å².